The number of halogens is 2. The van der Waals surface area contributed by atoms with Gasteiger partial charge in [-0.25, -0.2) is 28.5 Å². The van der Waals surface area contributed by atoms with E-state index in [2.05, 4.69) is 25.1 Å². The van der Waals surface area contributed by atoms with Crippen molar-refractivity contribution < 1.29 is 12.8 Å². The first-order valence-corrected chi connectivity index (χ1v) is 11.5. The van der Waals surface area contributed by atoms with Crippen LogP contribution in [0.4, 0.5) is 4.39 Å². The van der Waals surface area contributed by atoms with Gasteiger partial charge in [-0.2, -0.15) is 9.49 Å². The second-order valence-corrected chi connectivity index (χ2v) is 9.05. The molecule has 3 N–H and O–H groups in total. The molecular weight excluding hydrogens is 467 g/mol. The Labute approximate surface area is 192 Å². The smallest absolute Gasteiger partial charge is 0.238 e. The number of sulfonamides is 1. The van der Waals surface area contributed by atoms with Gasteiger partial charge in [-0.3, -0.25) is 5.10 Å². The molecular formula is C22H14ClFN6O2S. The van der Waals surface area contributed by atoms with Gasteiger partial charge in [-0.05, 0) is 24.3 Å². The van der Waals surface area contributed by atoms with Gasteiger partial charge in [0, 0.05) is 57.9 Å². The molecule has 164 valence electrons. The maximum absolute atomic E-state index is 13.6. The van der Waals surface area contributed by atoms with Crippen molar-refractivity contribution in [3.8, 4) is 33.5 Å². The standard InChI is InChI=1S/C22H14ClFN6O2S/c23-21-16(15-3-1-2-4-18(15)33(25,31)32)7-13(10-27-21)14-8-17-20(29-30-22(17)28-11-14)12-5-6-26-19(24)9-12/h1-11H,(H2,25,31,32)(H,28,29,30). The zero-order valence-electron chi connectivity index (χ0n) is 16.7. The number of rotatable bonds is 4. The van der Waals surface area contributed by atoms with E-state index in [0.29, 0.717) is 44.5 Å². The van der Waals surface area contributed by atoms with Crippen LogP contribution in [0, 0.1) is 5.95 Å². The molecule has 0 radical (unpaired) electrons. The molecule has 0 amide bonds. The number of benzene rings is 1. The summed E-state index contributed by atoms with van der Waals surface area (Å²) in [6.07, 6.45) is 4.54. The fourth-order valence-corrected chi connectivity index (χ4v) is 4.52. The highest BCUT2D eigenvalue weighted by molar-refractivity contribution is 7.89. The number of H-pyrrole nitrogens is 1. The number of hydrogen-bond acceptors (Lipinski definition) is 6. The van der Waals surface area contributed by atoms with Gasteiger partial charge in [0.2, 0.25) is 16.0 Å². The highest BCUT2D eigenvalue weighted by Crippen LogP contribution is 2.35. The maximum Gasteiger partial charge on any atom is 0.238 e. The number of aromatic nitrogens is 5. The number of fused-ring (bicyclic) bond motifs is 1. The van der Waals surface area contributed by atoms with Crippen LogP contribution >= 0.6 is 11.6 Å². The number of pyridine rings is 3. The molecule has 11 heteroatoms. The number of nitrogens with zero attached hydrogens (tertiary/aromatic N) is 4. The first-order valence-electron chi connectivity index (χ1n) is 9.55. The molecule has 0 spiro atoms. The van der Waals surface area contributed by atoms with E-state index >= 15 is 0 Å². The van der Waals surface area contributed by atoms with Crippen molar-refractivity contribution in [1.82, 2.24) is 25.1 Å². The molecule has 0 bridgehead atoms. The van der Waals surface area contributed by atoms with Crippen LogP contribution in [0.15, 0.2) is 72.0 Å². The molecule has 0 fully saturated rings. The van der Waals surface area contributed by atoms with Crippen LogP contribution in [0.3, 0.4) is 0 Å². The summed E-state index contributed by atoms with van der Waals surface area (Å²) in [5.74, 6) is -0.618. The van der Waals surface area contributed by atoms with Crippen LogP contribution in [-0.2, 0) is 10.0 Å². The van der Waals surface area contributed by atoms with Crippen molar-refractivity contribution in [1.29, 1.82) is 0 Å². The van der Waals surface area contributed by atoms with Gasteiger partial charge in [0.1, 0.15) is 10.8 Å². The largest absolute Gasteiger partial charge is 0.260 e. The Bertz CT molecular complexity index is 1640. The second kappa shape index (κ2) is 8.00. The van der Waals surface area contributed by atoms with Crippen molar-refractivity contribution in [3.63, 3.8) is 0 Å². The minimum atomic E-state index is -3.98. The summed E-state index contributed by atoms with van der Waals surface area (Å²) in [6, 6.07) is 12.8. The van der Waals surface area contributed by atoms with Crippen LogP contribution in [0.5, 0.6) is 0 Å². The minimum Gasteiger partial charge on any atom is -0.260 e. The van der Waals surface area contributed by atoms with Gasteiger partial charge >= 0.3 is 0 Å². The van der Waals surface area contributed by atoms with Crippen molar-refractivity contribution >= 4 is 32.7 Å². The van der Waals surface area contributed by atoms with E-state index in [1.165, 1.54) is 18.3 Å². The summed E-state index contributed by atoms with van der Waals surface area (Å²) >= 11 is 6.32. The molecule has 0 unspecified atom stereocenters. The Balaban J connectivity index is 1.66. The van der Waals surface area contributed by atoms with Crippen LogP contribution in [0.2, 0.25) is 5.15 Å². The lowest BCUT2D eigenvalue weighted by atomic mass is 10.0. The van der Waals surface area contributed by atoms with Crippen LogP contribution in [0.1, 0.15) is 0 Å². The first kappa shape index (κ1) is 21.1. The third-order valence-corrected chi connectivity index (χ3v) is 6.34. The molecule has 0 saturated heterocycles. The molecule has 5 rings (SSSR count). The fraction of sp³-hybridized carbons (Fsp3) is 0. The Hall–Kier alpha value is -3.73. The predicted octanol–water partition coefficient (Wildman–Crippen LogP) is 4.19. The molecule has 0 atom stereocenters. The Kier molecular flexibility index (Phi) is 5.12. The molecule has 0 aliphatic rings. The number of aromatic amines is 1. The van der Waals surface area contributed by atoms with E-state index in [1.54, 1.807) is 42.7 Å². The minimum absolute atomic E-state index is 0.0590. The predicted molar refractivity (Wildman–Crippen MR) is 122 cm³/mol. The lowest BCUT2D eigenvalue weighted by Gasteiger charge is -2.11. The van der Waals surface area contributed by atoms with E-state index in [-0.39, 0.29) is 10.0 Å². The zero-order chi connectivity index (χ0) is 23.2. The molecule has 0 aliphatic heterocycles. The molecule has 4 heterocycles. The van der Waals surface area contributed by atoms with Gasteiger partial charge in [0.05, 0.1) is 4.90 Å². The highest BCUT2D eigenvalue weighted by Gasteiger charge is 2.18. The lowest BCUT2D eigenvalue weighted by molar-refractivity contribution is 0.584. The third-order valence-electron chi connectivity index (χ3n) is 5.07. The number of nitrogens with one attached hydrogen (secondary N) is 1. The Morgan fingerprint density at radius 1 is 0.909 bits per heavy atom. The van der Waals surface area contributed by atoms with E-state index in [1.807, 2.05) is 6.07 Å². The van der Waals surface area contributed by atoms with E-state index < -0.39 is 16.0 Å². The highest BCUT2D eigenvalue weighted by atomic mass is 35.5. The number of hydrogen-bond donors (Lipinski definition) is 2. The van der Waals surface area contributed by atoms with E-state index in [0.717, 1.165) is 0 Å². The zero-order valence-corrected chi connectivity index (χ0v) is 18.3. The van der Waals surface area contributed by atoms with Gasteiger partial charge < -0.3 is 0 Å². The average Bonchev–Trinajstić information content (AvgIpc) is 3.22. The summed E-state index contributed by atoms with van der Waals surface area (Å²) in [6.45, 7) is 0. The van der Waals surface area contributed by atoms with Gasteiger partial charge in [-0.15, -0.1) is 0 Å². The number of nitrogens with two attached hydrogens (primary N) is 1. The lowest BCUT2D eigenvalue weighted by Crippen LogP contribution is -2.13. The first-order chi connectivity index (χ1) is 15.8. The quantitative estimate of drug-likeness (QED) is 0.371. The van der Waals surface area contributed by atoms with Crippen LogP contribution in [0.25, 0.3) is 44.5 Å². The Morgan fingerprint density at radius 3 is 2.45 bits per heavy atom. The Morgan fingerprint density at radius 2 is 1.67 bits per heavy atom. The van der Waals surface area contributed by atoms with Gasteiger partial charge in [0.15, 0.2) is 5.65 Å². The van der Waals surface area contributed by atoms with Crippen molar-refractivity contribution in [2.24, 2.45) is 5.14 Å². The molecule has 1 aromatic carbocycles. The van der Waals surface area contributed by atoms with Crippen molar-refractivity contribution in [2.45, 2.75) is 4.90 Å². The summed E-state index contributed by atoms with van der Waals surface area (Å²) in [4.78, 5) is 12.2. The maximum atomic E-state index is 13.6. The topological polar surface area (TPSA) is 128 Å². The van der Waals surface area contributed by atoms with E-state index in [9.17, 15) is 12.8 Å². The van der Waals surface area contributed by atoms with Crippen molar-refractivity contribution in [2.75, 3.05) is 0 Å². The molecule has 0 aliphatic carbocycles. The SMILES string of the molecule is NS(=O)(=O)c1ccccc1-c1cc(-c2cnc3[nH]nc(-c4ccnc(F)c4)c3c2)cnc1Cl. The molecule has 33 heavy (non-hydrogen) atoms. The summed E-state index contributed by atoms with van der Waals surface area (Å²) in [7, 11) is -3.98. The second-order valence-electron chi connectivity index (χ2n) is 7.16. The summed E-state index contributed by atoms with van der Waals surface area (Å²) in [5, 5.41) is 13.3. The van der Waals surface area contributed by atoms with Gasteiger partial charge in [0.25, 0.3) is 0 Å². The average molecular weight is 481 g/mol. The molecule has 4 aromatic heterocycles. The van der Waals surface area contributed by atoms with Crippen molar-refractivity contribution in [3.05, 3.63) is 78.2 Å². The summed E-state index contributed by atoms with van der Waals surface area (Å²) < 4.78 is 37.8. The van der Waals surface area contributed by atoms with Gasteiger partial charge in [-0.1, -0.05) is 29.8 Å². The van der Waals surface area contributed by atoms with Crippen LogP contribution in [-0.4, -0.2) is 33.6 Å². The molecule has 5 aromatic rings. The monoisotopic (exact) mass is 480 g/mol. The third kappa shape index (κ3) is 3.95. The molecule has 0 saturated carbocycles. The van der Waals surface area contributed by atoms with E-state index in [4.69, 9.17) is 16.7 Å². The van der Waals surface area contributed by atoms with Crippen LogP contribution < -0.4 is 5.14 Å². The fourth-order valence-electron chi connectivity index (χ4n) is 3.56. The summed E-state index contributed by atoms with van der Waals surface area (Å²) in [5.41, 5.74) is 3.64. The number of primary sulfonamides is 1. The molecule has 8 nitrogen and oxygen atoms in total. The normalized spacial score (nSPS) is 11.7.